The normalized spacial score (nSPS) is 44.3. The molecule has 1 N–H and O–H groups in total. The van der Waals surface area contributed by atoms with E-state index < -0.39 is 0 Å². The second kappa shape index (κ2) is 7.95. The monoisotopic (exact) mass is 411 g/mol. The van der Waals surface area contributed by atoms with Crippen LogP contribution in [0.5, 0.6) is 0 Å². The molecule has 0 unspecified atom stereocenters. The van der Waals surface area contributed by atoms with Crippen LogP contribution in [0.3, 0.4) is 0 Å². The maximum atomic E-state index is 10.4. The Balaban J connectivity index is 1.59. The number of aliphatic hydroxyl groups excluding tert-OH is 1. The Labute approximate surface area is 185 Å². The first-order valence-electron chi connectivity index (χ1n) is 13.0. The van der Waals surface area contributed by atoms with E-state index in [0.717, 1.165) is 49.4 Å². The van der Waals surface area contributed by atoms with Crippen molar-refractivity contribution in [3.63, 3.8) is 0 Å². The molecule has 2 fully saturated rings. The van der Waals surface area contributed by atoms with Crippen LogP contribution in [0.1, 0.15) is 112 Å². The molecule has 2 nitrogen and oxygen atoms in total. The number of hydrogen-bond donors (Lipinski definition) is 1. The first-order valence-corrected chi connectivity index (χ1v) is 13.0. The van der Waals surface area contributed by atoms with E-state index >= 15 is 0 Å². The summed E-state index contributed by atoms with van der Waals surface area (Å²) in [6, 6.07) is 2.76. The molecule has 0 bridgehead atoms. The predicted molar refractivity (Wildman–Crippen MR) is 124 cm³/mol. The van der Waals surface area contributed by atoms with Crippen LogP contribution in [-0.4, -0.2) is 11.2 Å². The van der Waals surface area contributed by atoms with Crippen molar-refractivity contribution >= 4 is 0 Å². The zero-order chi connectivity index (χ0) is 21.7. The highest BCUT2D eigenvalue weighted by Crippen LogP contribution is 2.68. The maximum Gasteiger partial charge on any atom is 0.0700 e. The van der Waals surface area contributed by atoms with Gasteiger partial charge in [0, 0.05) is 5.41 Å². The van der Waals surface area contributed by atoms with Crippen LogP contribution in [-0.2, 0) is 0 Å². The summed E-state index contributed by atoms with van der Waals surface area (Å²) < 4.78 is 0. The lowest BCUT2D eigenvalue weighted by molar-refractivity contribution is -0.0254. The van der Waals surface area contributed by atoms with Crippen LogP contribution in [0.4, 0.5) is 0 Å². The third-order valence-corrected chi connectivity index (χ3v) is 10.6. The van der Waals surface area contributed by atoms with Crippen LogP contribution < -0.4 is 0 Å². The van der Waals surface area contributed by atoms with Crippen molar-refractivity contribution in [3.8, 4) is 6.07 Å². The van der Waals surface area contributed by atoms with E-state index in [2.05, 4.69) is 40.7 Å². The highest BCUT2D eigenvalue weighted by atomic mass is 16.3. The van der Waals surface area contributed by atoms with E-state index in [1.54, 1.807) is 11.1 Å². The van der Waals surface area contributed by atoms with Crippen LogP contribution in [0.2, 0.25) is 0 Å². The average molecular weight is 412 g/mol. The summed E-state index contributed by atoms with van der Waals surface area (Å²) in [5, 5.41) is 20.6. The molecule has 2 heteroatoms. The quantitative estimate of drug-likeness (QED) is 0.478. The summed E-state index contributed by atoms with van der Waals surface area (Å²) >= 11 is 0. The van der Waals surface area contributed by atoms with Gasteiger partial charge < -0.3 is 5.11 Å². The minimum absolute atomic E-state index is 0.00311. The molecule has 0 amide bonds. The minimum Gasteiger partial charge on any atom is -0.393 e. The second-order valence-electron chi connectivity index (χ2n) is 12.5. The molecule has 0 heterocycles. The lowest BCUT2D eigenvalue weighted by atomic mass is 9.45. The second-order valence-corrected chi connectivity index (χ2v) is 12.5. The van der Waals surface area contributed by atoms with Crippen molar-refractivity contribution in [1.82, 2.24) is 0 Å². The number of nitriles is 1. The van der Waals surface area contributed by atoms with Crippen molar-refractivity contribution < 1.29 is 5.11 Å². The van der Waals surface area contributed by atoms with Crippen LogP contribution in [0.15, 0.2) is 11.1 Å². The smallest absolute Gasteiger partial charge is 0.0700 e. The van der Waals surface area contributed by atoms with E-state index in [0.29, 0.717) is 11.8 Å². The summed E-state index contributed by atoms with van der Waals surface area (Å²) in [4.78, 5) is 0. The van der Waals surface area contributed by atoms with Gasteiger partial charge in [-0.1, -0.05) is 65.0 Å². The van der Waals surface area contributed by atoms with Gasteiger partial charge in [-0.2, -0.15) is 5.26 Å². The molecular weight excluding hydrogens is 366 g/mol. The molecular formula is C28H45NO. The van der Waals surface area contributed by atoms with Gasteiger partial charge in [0.1, 0.15) is 0 Å². The molecule has 0 spiro atoms. The first-order chi connectivity index (χ1) is 14.2. The highest BCUT2D eigenvalue weighted by Gasteiger charge is 2.60. The van der Waals surface area contributed by atoms with Crippen molar-refractivity contribution in [1.29, 1.82) is 5.26 Å². The molecule has 0 aliphatic heterocycles. The van der Waals surface area contributed by atoms with Crippen molar-refractivity contribution in [2.24, 2.45) is 39.9 Å². The van der Waals surface area contributed by atoms with Crippen LogP contribution in [0.25, 0.3) is 0 Å². The third kappa shape index (κ3) is 3.30. The van der Waals surface area contributed by atoms with E-state index in [1.807, 2.05) is 0 Å². The number of hydrogen-bond acceptors (Lipinski definition) is 2. The van der Waals surface area contributed by atoms with Gasteiger partial charge >= 0.3 is 0 Å². The van der Waals surface area contributed by atoms with Crippen molar-refractivity contribution in [2.45, 2.75) is 118 Å². The Kier molecular flexibility index (Phi) is 5.93. The Hall–Kier alpha value is -0.810. The van der Waals surface area contributed by atoms with E-state index in [1.165, 1.54) is 44.9 Å². The maximum absolute atomic E-state index is 10.4. The number of rotatable bonds is 5. The van der Waals surface area contributed by atoms with Crippen LogP contribution >= 0.6 is 0 Å². The number of allylic oxidation sites excluding steroid dienone is 2. The van der Waals surface area contributed by atoms with Gasteiger partial charge in [0.25, 0.3) is 0 Å². The Morgan fingerprint density at radius 1 is 1.03 bits per heavy atom. The summed E-state index contributed by atoms with van der Waals surface area (Å²) in [6.45, 7) is 12.2. The molecule has 0 radical (unpaired) electrons. The topological polar surface area (TPSA) is 44.0 Å². The van der Waals surface area contributed by atoms with E-state index in [-0.39, 0.29) is 16.9 Å². The Morgan fingerprint density at radius 3 is 2.50 bits per heavy atom. The predicted octanol–water partition coefficient (Wildman–Crippen LogP) is 7.43. The molecule has 0 saturated heterocycles. The fraction of sp³-hybridized carbons (Fsp3) is 0.893. The lowest BCUT2D eigenvalue weighted by Crippen LogP contribution is -2.51. The molecule has 4 rings (SSSR count). The fourth-order valence-corrected chi connectivity index (χ4v) is 8.72. The standard InChI is InChI=1S/C28H45NO/c1-19(2)7-6-8-20(3)23-9-10-24-22-12-16-28(18-29)17-21(30)11-15-27(28,5)25(22)13-14-26(23,24)4/h19-21,23-24,30H,6-17H2,1-5H3/t20-,21-,23-,24+,26-,27-,28+/m1/s1. The van der Waals surface area contributed by atoms with Gasteiger partial charge in [-0.25, -0.2) is 0 Å². The average Bonchev–Trinajstić information content (AvgIpc) is 3.05. The summed E-state index contributed by atoms with van der Waals surface area (Å²) in [7, 11) is 0. The largest absolute Gasteiger partial charge is 0.393 e. The zero-order valence-electron chi connectivity index (χ0n) is 20.3. The van der Waals surface area contributed by atoms with Gasteiger partial charge in [0.15, 0.2) is 0 Å². The van der Waals surface area contributed by atoms with Gasteiger partial charge in [-0.05, 0) is 86.9 Å². The summed E-state index contributed by atoms with van der Waals surface area (Å²) in [5.41, 5.74) is 3.56. The number of aliphatic hydroxyl groups is 1. The highest BCUT2D eigenvalue weighted by molar-refractivity contribution is 5.39. The van der Waals surface area contributed by atoms with Gasteiger partial charge in [-0.3, -0.25) is 0 Å². The lowest BCUT2D eigenvalue weighted by Gasteiger charge is -2.58. The summed E-state index contributed by atoms with van der Waals surface area (Å²) in [6.07, 6.45) is 13.8. The summed E-state index contributed by atoms with van der Waals surface area (Å²) in [5.74, 6) is 3.28. The van der Waals surface area contributed by atoms with Crippen LogP contribution in [0, 0.1) is 51.2 Å². The Morgan fingerprint density at radius 2 is 1.80 bits per heavy atom. The molecule has 0 aromatic heterocycles. The molecule has 4 aliphatic rings. The molecule has 168 valence electrons. The van der Waals surface area contributed by atoms with Crippen molar-refractivity contribution in [2.75, 3.05) is 0 Å². The number of nitrogens with zero attached hydrogens (tertiary/aromatic N) is 1. The minimum atomic E-state index is -0.334. The molecule has 0 aromatic rings. The molecule has 30 heavy (non-hydrogen) atoms. The molecule has 7 atom stereocenters. The Bertz CT molecular complexity index is 731. The molecule has 4 aliphatic carbocycles. The van der Waals surface area contributed by atoms with Gasteiger partial charge in [0.2, 0.25) is 0 Å². The third-order valence-electron chi connectivity index (χ3n) is 10.6. The molecule has 0 aromatic carbocycles. The zero-order valence-corrected chi connectivity index (χ0v) is 20.3. The van der Waals surface area contributed by atoms with Gasteiger partial charge in [0.05, 0.1) is 17.6 Å². The number of fused-ring (bicyclic) bond motifs is 4. The SMILES string of the molecule is CC(C)CCC[C@@H](C)[C@H]1CC[C@H]2C3=C(CC[C@]12C)[C@@]1(C)CC[C@@H](O)C[C@]1(C#N)CC3. The molecule has 2 saturated carbocycles. The first kappa shape index (κ1) is 22.4. The van der Waals surface area contributed by atoms with Crippen molar-refractivity contribution in [3.05, 3.63) is 11.1 Å². The van der Waals surface area contributed by atoms with Gasteiger partial charge in [-0.15, -0.1) is 0 Å². The van der Waals surface area contributed by atoms with E-state index in [4.69, 9.17) is 0 Å². The van der Waals surface area contributed by atoms with E-state index in [9.17, 15) is 10.4 Å². The fourth-order valence-electron chi connectivity index (χ4n) is 8.72.